The van der Waals surface area contributed by atoms with Crippen LogP contribution < -0.4 is 14.8 Å². The van der Waals surface area contributed by atoms with E-state index in [9.17, 15) is 9.59 Å². The van der Waals surface area contributed by atoms with Crippen molar-refractivity contribution in [2.24, 2.45) is 0 Å². The van der Waals surface area contributed by atoms with Crippen LogP contribution in [-0.4, -0.2) is 56.2 Å². The lowest BCUT2D eigenvalue weighted by Crippen LogP contribution is -2.40. The van der Waals surface area contributed by atoms with Gasteiger partial charge in [0.05, 0.1) is 13.2 Å². The van der Waals surface area contributed by atoms with Crippen LogP contribution in [0, 0.1) is 0 Å². The summed E-state index contributed by atoms with van der Waals surface area (Å²) in [5.41, 5.74) is 2.66. The molecule has 2 amide bonds. The largest absolute Gasteiger partial charge is 0.486 e. The van der Waals surface area contributed by atoms with E-state index < -0.39 is 0 Å². The van der Waals surface area contributed by atoms with Crippen molar-refractivity contribution >= 4 is 11.8 Å². The van der Waals surface area contributed by atoms with Crippen molar-refractivity contribution in [3.05, 3.63) is 59.2 Å². The van der Waals surface area contributed by atoms with Gasteiger partial charge in [0, 0.05) is 31.6 Å². The molecule has 2 aliphatic heterocycles. The van der Waals surface area contributed by atoms with Gasteiger partial charge in [-0.3, -0.25) is 9.59 Å². The molecule has 0 spiro atoms. The summed E-state index contributed by atoms with van der Waals surface area (Å²) in [6.07, 6.45) is 1.03. The third-order valence-electron chi connectivity index (χ3n) is 5.24. The number of ether oxygens (including phenoxy) is 3. The smallest absolute Gasteiger partial charge is 0.254 e. The minimum Gasteiger partial charge on any atom is -0.486 e. The highest BCUT2D eigenvalue weighted by Crippen LogP contribution is 2.31. The second kappa shape index (κ2) is 9.63. The summed E-state index contributed by atoms with van der Waals surface area (Å²) in [6, 6.07) is 13.2. The lowest BCUT2D eigenvalue weighted by Gasteiger charge is -2.26. The van der Waals surface area contributed by atoms with Gasteiger partial charge in [0.1, 0.15) is 13.2 Å². The monoisotopic (exact) mass is 410 g/mol. The zero-order valence-electron chi connectivity index (χ0n) is 16.9. The first-order chi connectivity index (χ1) is 14.7. The molecule has 0 aliphatic carbocycles. The summed E-state index contributed by atoms with van der Waals surface area (Å²) in [5.74, 6) is 1.50. The molecule has 7 heteroatoms. The van der Waals surface area contributed by atoms with Crippen molar-refractivity contribution in [2.75, 3.05) is 39.5 Å². The number of rotatable bonds is 6. The molecule has 0 unspecified atom stereocenters. The van der Waals surface area contributed by atoms with E-state index in [0.717, 1.165) is 22.6 Å². The van der Waals surface area contributed by atoms with E-state index in [1.807, 2.05) is 42.5 Å². The summed E-state index contributed by atoms with van der Waals surface area (Å²) in [5, 5.41) is 2.94. The molecule has 2 aromatic rings. The van der Waals surface area contributed by atoms with Gasteiger partial charge in [0.15, 0.2) is 11.5 Å². The number of carbonyl (C=O) groups excluding carboxylic acids is 2. The predicted octanol–water partition coefficient (Wildman–Crippen LogP) is 2.18. The zero-order valence-corrected chi connectivity index (χ0v) is 16.9. The molecule has 0 atom stereocenters. The number of carbonyl (C=O) groups is 2. The van der Waals surface area contributed by atoms with Crippen LogP contribution in [0.15, 0.2) is 42.5 Å². The van der Waals surface area contributed by atoms with Gasteiger partial charge in [-0.25, -0.2) is 0 Å². The van der Waals surface area contributed by atoms with Crippen molar-refractivity contribution in [3.8, 4) is 11.5 Å². The van der Waals surface area contributed by atoms with Crippen molar-refractivity contribution in [2.45, 2.75) is 19.4 Å². The molecule has 0 aromatic heterocycles. The van der Waals surface area contributed by atoms with Crippen LogP contribution in [0.1, 0.15) is 27.9 Å². The molecule has 30 heavy (non-hydrogen) atoms. The number of aryl methyl sites for hydroxylation is 1. The first kappa shape index (κ1) is 20.2. The number of nitrogens with zero attached hydrogens (tertiary/aromatic N) is 1. The molecule has 4 rings (SSSR count). The van der Waals surface area contributed by atoms with E-state index in [4.69, 9.17) is 14.2 Å². The van der Waals surface area contributed by atoms with Gasteiger partial charge >= 0.3 is 0 Å². The van der Waals surface area contributed by atoms with Gasteiger partial charge in [0.25, 0.3) is 5.91 Å². The summed E-state index contributed by atoms with van der Waals surface area (Å²) < 4.78 is 16.4. The van der Waals surface area contributed by atoms with E-state index in [2.05, 4.69) is 5.32 Å². The Hall–Kier alpha value is -3.06. The van der Waals surface area contributed by atoms with Gasteiger partial charge < -0.3 is 24.4 Å². The average molecular weight is 410 g/mol. The number of nitrogens with one attached hydrogen (secondary N) is 1. The normalized spacial score (nSPS) is 15.5. The third kappa shape index (κ3) is 5.10. The van der Waals surface area contributed by atoms with Gasteiger partial charge in [-0.1, -0.05) is 18.2 Å². The maximum Gasteiger partial charge on any atom is 0.254 e. The van der Waals surface area contributed by atoms with Crippen LogP contribution in [0.4, 0.5) is 0 Å². The lowest BCUT2D eigenvalue weighted by atomic mass is 10.1. The lowest BCUT2D eigenvalue weighted by molar-refractivity contribution is -0.121. The van der Waals surface area contributed by atoms with Gasteiger partial charge in [-0.2, -0.15) is 0 Å². The second-order valence-electron chi connectivity index (χ2n) is 7.36. The third-order valence-corrected chi connectivity index (χ3v) is 5.24. The van der Waals surface area contributed by atoms with Crippen molar-refractivity contribution < 1.29 is 23.8 Å². The zero-order chi connectivity index (χ0) is 20.8. The van der Waals surface area contributed by atoms with Crippen LogP contribution in [0.2, 0.25) is 0 Å². The molecule has 1 fully saturated rings. The molecule has 2 aromatic carbocycles. The first-order valence-corrected chi connectivity index (χ1v) is 10.3. The molecule has 1 N–H and O–H groups in total. The van der Waals surface area contributed by atoms with E-state index >= 15 is 0 Å². The average Bonchev–Trinajstić information content (AvgIpc) is 2.81. The van der Waals surface area contributed by atoms with Crippen molar-refractivity contribution in [1.82, 2.24) is 10.2 Å². The molecule has 0 radical (unpaired) electrons. The van der Waals surface area contributed by atoms with Crippen LogP contribution in [0.3, 0.4) is 0 Å². The molecule has 2 heterocycles. The SMILES string of the molecule is O=C(CCc1ccc2c(c1)OCCO2)NCc1ccc(C(=O)N2CCOCC2)cc1. The first-order valence-electron chi connectivity index (χ1n) is 10.3. The fraction of sp³-hybridized carbons (Fsp3) is 0.391. The van der Waals surface area contributed by atoms with Crippen molar-refractivity contribution in [1.29, 1.82) is 0 Å². The van der Waals surface area contributed by atoms with E-state index in [1.54, 1.807) is 4.90 Å². The Morgan fingerprint density at radius 3 is 2.33 bits per heavy atom. The Morgan fingerprint density at radius 1 is 0.867 bits per heavy atom. The number of morpholine rings is 1. The maximum absolute atomic E-state index is 12.5. The standard InChI is InChI=1S/C23H26N2O5/c26-22(8-4-17-3-7-20-21(15-17)30-14-13-29-20)24-16-18-1-5-19(6-2-18)23(27)25-9-11-28-12-10-25/h1-3,5-7,15H,4,8-14,16H2,(H,24,26). The molecular weight excluding hydrogens is 384 g/mol. The van der Waals surface area contributed by atoms with Crippen molar-refractivity contribution in [3.63, 3.8) is 0 Å². The van der Waals surface area contributed by atoms with Crippen LogP contribution >= 0.6 is 0 Å². The molecule has 158 valence electrons. The number of fused-ring (bicyclic) bond motifs is 1. The highest BCUT2D eigenvalue weighted by atomic mass is 16.6. The van der Waals surface area contributed by atoms with Gasteiger partial charge in [-0.05, 0) is 41.8 Å². The summed E-state index contributed by atoms with van der Waals surface area (Å²) >= 11 is 0. The highest BCUT2D eigenvalue weighted by Gasteiger charge is 2.18. The Kier molecular flexibility index (Phi) is 6.49. The molecule has 0 bridgehead atoms. The number of hydrogen-bond donors (Lipinski definition) is 1. The Labute approximate surface area is 175 Å². The number of hydrogen-bond acceptors (Lipinski definition) is 5. The topological polar surface area (TPSA) is 77.1 Å². The highest BCUT2D eigenvalue weighted by molar-refractivity contribution is 5.94. The minimum absolute atomic E-state index is 0.0154. The molecule has 2 aliphatic rings. The van der Waals surface area contributed by atoms with E-state index in [-0.39, 0.29) is 11.8 Å². The van der Waals surface area contributed by atoms with Gasteiger partial charge in [-0.15, -0.1) is 0 Å². The molecule has 7 nitrogen and oxygen atoms in total. The molecular formula is C23H26N2O5. The number of amides is 2. The Morgan fingerprint density at radius 2 is 1.57 bits per heavy atom. The fourth-order valence-corrected chi connectivity index (χ4v) is 3.50. The Balaban J connectivity index is 1.23. The van der Waals surface area contributed by atoms with Gasteiger partial charge in [0.2, 0.25) is 5.91 Å². The van der Waals surface area contributed by atoms with Crippen LogP contribution in [-0.2, 0) is 22.5 Å². The second-order valence-corrected chi connectivity index (χ2v) is 7.36. The minimum atomic E-state index is -0.0154. The Bertz CT molecular complexity index is 891. The van der Waals surface area contributed by atoms with Crippen LogP contribution in [0.5, 0.6) is 11.5 Å². The van der Waals surface area contributed by atoms with E-state index in [1.165, 1.54) is 0 Å². The summed E-state index contributed by atoms with van der Waals surface area (Å²) in [7, 11) is 0. The summed E-state index contributed by atoms with van der Waals surface area (Å²) in [6.45, 7) is 3.97. The quantitative estimate of drug-likeness (QED) is 0.790. The summed E-state index contributed by atoms with van der Waals surface area (Å²) in [4.78, 5) is 26.5. The molecule has 0 saturated carbocycles. The van der Waals surface area contributed by atoms with Crippen LogP contribution in [0.25, 0.3) is 0 Å². The van der Waals surface area contributed by atoms with E-state index in [0.29, 0.717) is 64.5 Å². The predicted molar refractivity (Wildman–Crippen MR) is 111 cm³/mol. The molecule has 1 saturated heterocycles. The fourth-order valence-electron chi connectivity index (χ4n) is 3.50. The number of benzene rings is 2. The maximum atomic E-state index is 12.5.